The summed E-state index contributed by atoms with van der Waals surface area (Å²) in [6.07, 6.45) is 1.71. The molecular weight excluding hydrogens is 330 g/mol. The molecule has 1 aromatic carbocycles. The fraction of sp³-hybridized carbons (Fsp3) is 0.412. The van der Waals surface area contributed by atoms with Crippen LogP contribution in [0.1, 0.15) is 37.7 Å². The van der Waals surface area contributed by atoms with E-state index in [-0.39, 0.29) is 5.54 Å². The van der Waals surface area contributed by atoms with Crippen LogP contribution in [0.4, 0.5) is 0 Å². The van der Waals surface area contributed by atoms with E-state index in [1.807, 2.05) is 31.2 Å². The maximum absolute atomic E-state index is 5.88. The molecule has 1 aromatic heterocycles. The van der Waals surface area contributed by atoms with Gasteiger partial charge in [-0.05, 0) is 51.5 Å². The van der Waals surface area contributed by atoms with E-state index in [4.69, 9.17) is 9.15 Å². The lowest BCUT2D eigenvalue weighted by Crippen LogP contribution is -2.35. The smallest absolute Gasteiger partial charge is 0.146 e. The molecule has 0 unspecified atom stereocenters. The van der Waals surface area contributed by atoms with Crippen molar-refractivity contribution in [1.29, 1.82) is 0 Å². The van der Waals surface area contributed by atoms with E-state index in [2.05, 4.69) is 42.0 Å². The molecule has 0 bridgehead atoms. The Balaban J connectivity index is 2.01. The van der Waals surface area contributed by atoms with E-state index in [0.29, 0.717) is 6.61 Å². The summed E-state index contributed by atoms with van der Waals surface area (Å²) in [5, 5.41) is 3.46. The summed E-state index contributed by atoms with van der Waals surface area (Å²) in [6, 6.07) is 8.01. The van der Waals surface area contributed by atoms with Gasteiger partial charge in [0.25, 0.3) is 0 Å². The third kappa shape index (κ3) is 4.90. The van der Waals surface area contributed by atoms with E-state index in [1.54, 1.807) is 6.26 Å². The second kappa shape index (κ2) is 6.67. The summed E-state index contributed by atoms with van der Waals surface area (Å²) in [5.74, 6) is 1.74. The fourth-order valence-electron chi connectivity index (χ4n) is 1.88. The van der Waals surface area contributed by atoms with Crippen molar-refractivity contribution in [3.8, 4) is 5.75 Å². The number of rotatable bonds is 5. The van der Waals surface area contributed by atoms with E-state index in [9.17, 15) is 0 Å². The molecule has 0 amide bonds. The second-order valence-corrected chi connectivity index (χ2v) is 7.09. The Kier molecular flexibility index (Phi) is 5.12. The molecule has 0 aliphatic heterocycles. The average molecular weight is 352 g/mol. The number of hydrogen-bond acceptors (Lipinski definition) is 3. The van der Waals surface area contributed by atoms with E-state index in [1.165, 1.54) is 0 Å². The van der Waals surface area contributed by atoms with Gasteiger partial charge in [-0.3, -0.25) is 0 Å². The van der Waals surface area contributed by atoms with Crippen LogP contribution in [0.15, 0.2) is 39.4 Å². The molecule has 0 aliphatic carbocycles. The zero-order valence-electron chi connectivity index (χ0n) is 13.0. The highest BCUT2D eigenvalue weighted by Crippen LogP contribution is 2.24. The lowest BCUT2D eigenvalue weighted by atomic mass is 10.1. The molecular formula is C17H22BrNO2. The number of halogens is 1. The second-order valence-electron chi connectivity index (χ2n) is 6.17. The largest absolute Gasteiger partial charge is 0.485 e. The minimum Gasteiger partial charge on any atom is -0.485 e. The first kappa shape index (κ1) is 16.1. The molecule has 4 heteroatoms. The summed E-state index contributed by atoms with van der Waals surface area (Å²) in [5.41, 5.74) is 2.33. The van der Waals surface area contributed by atoms with Crippen LogP contribution in [0.25, 0.3) is 0 Å². The molecule has 21 heavy (non-hydrogen) atoms. The summed E-state index contributed by atoms with van der Waals surface area (Å²) in [4.78, 5) is 0. The SMILES string of the molecule is Cc1ccc(Br)cc1OCc1occc1CNC(C)(C)C. The Hall–Kier alpha value is -1.26. The number of aryl methyl sites for hydroxylation is 1. The average Bonchev–Trinajstić information content (AvgIpc) is 2.84. The predicted octanol–water partition coefficient (Wildman–Crippen LogP) is 4.82. The first-order chi connectivity index (χ1) is 9.85. The Morgan fingerprint density at radius 1 is 1.24 bits per heavy atom. The van der Waals surface area contributed by atoms with Gasteiger partial charge < -0.3 is 14.5 Å². The van der Waals surface area contributed by atoms with Crippen molar-refractivity contribution >= 4 is 15.9 Å². The van der Waals surface area contributed by atoms with E-state index < -0.39 is 0 Å². The van der Waals surface area contributed by atoms with Gasteiger partial charge in [-0.1, -0.05) is 22.0 Å². The summed E-state index contributed by atoms with van der Waals surface area (Å²) >= 11 is 3.46. The quantitative estimate of drug-likeness (QED) is 0.838. The minimum atomic E-state index is 0.0796. The van der Waals surface area contributed by atoms with Gasteiger partial charge in [-0.2, -0.15) is 0 Å². The first-order valence-corrected chi connectivity index (χ1v) is 7.84. The molecule has 2 aromatic rings. The van der Waals surface area contributed by atoms with Crippen LogP contribution in [0.3, 0.4) is 0 Å². The third-order valence-corrected chi connectivity index (χ3v) is 3.65. The first-order valence-electron chi connectivity index (χ1n) is 7.04. The van der Waals surface area contributed by atoms with Crippen molar-refractivity contribution in [2.75, 3.05) is 0 Å². The number of nitrogens with one attached hydrogen (secondary N) is 1. The molecule has 0 aliphatic rings. The van der Waals surface area contributed by atoms with E-state index in [0.717, 1.165) is 33.7 Å². The highest BCUT2D eigenvalue weighted by atomic mass is 79.9. The standard InChI is InChI=1S/C17H22BrNO2/c1-12-5-6-14(18)9-15(12)21-11-16-13(7-8-20-16)10-19-17(2,3)4/h5-9,19H,10-11H2,1-4H3. The predicted molar refractivity (Wildman–Crippen MR) is 88.5 cm³/mol. The van der Waals surface area contributed by atoms with E-state index >= 15 is 0 Å². The van der Waals surface area contributed by atoms with Gasteiger partial charge >= 0.3 is 0 Å². The van der Waals surface area contributed by atoms with Crippen LogP contribution in [0.2, 0.25) is 0 Å². The topological polar surface area (TPSA) is 34.4 Å². The number of furan rings is 1. The molecule has 0 saturated heterocycles. The van der Waals surface area contributed by atoms with Gasteiger partial charge in [0.15, 0.2) is 0 Å². The Morgan fingerprint density at radius 2 is 2.00 bits per heavy atom. The van der Waals surface area contributed by atoms with Crippen LogP contribution < -0.4 is 10.1 Å². The van der Waals surface area contributed by atoms with Gasteiger partial charge in [0.2, 0.25) is 0 Å². The molecule has 3 nitrogen and oxygen atoms in total. The summed E-state index contributed by atoms with van der Waals surface area (Å²) in [6.45, 7) is 9.68. The molecule has 1 N–H and O–H groups in total. The van der Waals surface area contributed by atoms with Crippen molar-refractivity contribution in [3.63, 3.8) is 0 Å². The normalized spacial score (nSPS) is 11.7. The van der Waals surface area contributed by atoms with Crippen molar-refractivity contribution in [1.82, 2.24) is 5.32 Å². The van der Waals surface area contributed by atoms with Gasteiger partial charge in [0.1, 0.15) is 18.1 Å². The van der Waals surface area contributed by atoms with Crippen LogP contribution in [-0.4, -0.2) is 5.54 Å². The highest BCUT2D eigenvalue weighted by Gasteiger charge is 2.13. The van der Waals surface area contributed by atoms with Crippen molar-refractivity contribution < 1.29 is 9.15 Å². The highest BCUT2D eigenvalue weighted by molar-refractivity contribution is 9.10. The van der Waals surface area contributed by atoms with Crippen LogP contribution in [0, 0.1) is 6.92 Å². The third-order valence-electron chi connectivity index (χ3n) is 3.16. The maximum Gasteiger partial charge on any atom is 0.146 e. The van der Waals surface area contributed by atoms with Crippen molar-refractivity contribution in [2.24, 2.45) is 0 Å². The van der Waals surface area contributed by atoms with Crippen LogP contribution >= 0.6 is 15.9 Å². The lowest BCUT2D eigenvalue weighted by Gasteiger charge is -2.20. The van der Waals surface area contributed by atoms with Gasteiger partial charge in [-0.25, -0.2) is 0 Å². The Bertz CT molecular complexity index is 599. The molecule has 114 valence electrons. The Labute approximate surface area is 134 Å². The molecule has 0 radical (unpaired) electrons. The summed E-state index contributed by atoms with van der Waals surface area (Å²) in [7, 11) is 0. The number of hydrogen-bond donors (Lipinski definition) is 1. The molecule has 0 spiro atoms. The molecule has 0 fully saturated rings. The number of ether oxygens (including phenoxy) is 1. The van der Waals surface area contributed by atoms with Crippen molar-refractivity contribution in [2.45, 2.75) is 46.4 Å². The van der Waals surface area contributed by atoms with Crippen LogP contribution in [-0.2, 0) is 13.2 Å². The Morgan fingerprint density at radius 3 is 2.71 bits per heavy atom. The van der Waals surface area contributed by atoms with Crippen LogP contribution in [0.5, 0.6) is 5.75 Å². The molecule has 1 heterocycles. The van der Waals surface area contributed by atoms with Gasteiger partial charge in [0, 0.05) is 22.1 Å². The number of benzene rings is 1. The zero-order valence-corrected chi connectivity index (χ0v) is 14.6. The molecule has 2 rings (SSSR count). The maximum atomic E-state index is 5.88. The van der Waals surface area contributed by atoms with Crippen molar-refractivity contribution in [3.05, 3.63) is 51.9 Å². The molecule has 0 atom stereocenters. The molecule has 0 saturated carbocycles. The van der Waals surface area contributed by atoms with Gasteiger partial charge in [0.05, 0.1) is 6.26 Å². The fourth-order valence-corrected chi connectivity index (χ4v) is 2.22. The zero-order chi connectivity index (χ0) is 15.5. The lowest BCUT2D eigenvalue weighted by molar-refractivity contribution is 0.265. The summed E-state index contributed by atoms with van der Waals surface area (Å²) < 4.78 is 12.4. The minimum absolute atomic E-state index is 0.0796. The monoisotopic (exact) mass is 351 g/mol. The van der Waals surface area contributed by atoms with Gasteiger partial charge in [-0.15, -0.1) is 0 Å².